The molecule has 3 heteroatoms. The fourth-order valence-electron chi connectivity index (χ4n) is 1.34. The summed E-state index contributed by atoms with van der Waals surface area (Å²) in [7, 11) is 0. The van der Waals surface area contributed by atoms with Gasteiger partial charge >= 0.3 is 0 Å². The Morgan fingerprint density at radius 3 is 2.69 bits per heavy atom. The van der Waals surface area contributed by atoms with Gasteiger partial charge in [-0.25, -0.2) is 0 Å². The molecule has 0 aliphatic carbocycles. The highest BCUT2D eigenvalue weighted by Gasteiger charge is 2.16. The zero-order valence-corrected chi connectivity index (χ0v) is 8.05. The summed E-state index contributed by atoms with van der Waals surface area (Å²) in [6, 6.07) is 0. The second-order valence-electron chi connectivity index (χ2n) is 3.07. The van der Waals surface area contributed by atoms with Crippen molar-refractivity contribution in [2.75, 3.05) is 26.2 Å². The van der Waals surface area contributed by atoms with Crippen molar-refractivity contribution in [3.63, 3.8) is 0 Å². The smallest absolute Gasteiger partial charge is 0.253 e. The first-order chi connectivity index (χ1) is 6.25. The van der Waals surface area contributed by atoms with Crippen LogP contribution in [-0.4, -0.2) is 37.0 Å². The highest BCUT2D eigenvalue weighted by Crippen LogP contribution is 2.02. The third kappa shape index (κ3) is 2.70. The Kier molecular flexibility index (Phi) is 3.71. The molecule has 1 aliphatic rings. The fourth-order valence-corrected chi connectivity index (χ4v) is 1.34. The minimum atomic E-state index is 0. The van der Waals surface area contributed by atoms with Gasteiger partial charge in [0, 0.05) is 33.2 Å². The number of allylic oxidation sites excluding steroid dienone is 1. The monoisotopic (exact) mass is 182 g/mol. The van der Waals surface area contributed by atoms with Crippen LogP contribution in [-0.2, 0) is 4.79 Å². The lowest BCUT2D eigenvalue weighted by Gasteiger charge is -2.27. The van der Waals surface area contributed by atoms with Gasteiger partial charge < -0.3 is 10.2 Å². The highest BCUT2D eigenvalue weighted by molar-refractivity contribution is 5.95. The number of piperazine rings is 1. The number of amides is 1. The Labute approximate surface area is 80.6 Å². The van der Waals surface area contributed by atoms with E-state index in [4.69, 9.17) is 0 Å². The molecule has 0 saturated carbocycles. The molecule has 0 spiro atoms. The first kappa shape index (κ1) is 9.99. The summed E-state index contributed by atoms with van der Waals surface area (Å²) in [6.45, 7) is 8.95. The summed E-state index contributed by atoms with van der Waals surface area (Å²) in [5.74, 6) is 0.0552. The molecular formula is C10H18N2O. The second-order valence-corrected chi connectivity index (χ2v) is 3.07. The van der Waals surface area contributed by atoms with E-state index in [1.165, 1.54) is 0 Å². The summed E-state index contributed by atoms with van der Waals surface area (Å²) >= 11 is 0. The summed E-state index contributed by atoms with van der Waals surface area (Å²) in [4.78, 5) is 13.5. The van der Waals surface area contributed by atoms with E-state index >= 15 is 0 Å². The van der Waals surface area contributed by atoms with Gasteiger partial charge in [-0.2, -0.15) is 0 Å². The molecule has 1 fully saturated rings. The lowest BCUT2D eigenvalue weighted by atomic mass is 10.2. The van der Waals surface area contributed by atoms with Crippen LogP contribution in [0.4, 0.5) is 0 Å². The SMILES string of the molecule is C=C(/C=C\C)C(=O)N1CCNCC1.[HH]. The number of hydrogen-bond acceptors (Lipinski definition) is 2. The van der Waals surface area contributed by atoms with Crippen LogP contribution >= 0.6 is 0 Å². The van der Waals surface area contributed by atoms with Gasteiger partial charge in [-0.15, -0.1) is 0 Å². The molecule has 0 aromatic carbocycles. The van der Waals surface area contributed by atoms with Crippen LogP contribution in [0.2, 0.25) is 0 Å². The van der Waals surface area contributed by atoms with Gasteiger partial charge in [-0.1, -0.05) is 18.7 Å². The molecule has 1 aliphatic heterocycles. The number of nitrogens with one attached hydrogen (secondary N) is 1. The molecule has 1 amide bonds. The van der Waals surface area contributed by atoms with Crippen molar-refractivity contribution in [3.8, 4) is 0 Å². The molecular weight excluding hydrogens is 164 g/mol. The molecule has 0 atom stereocenters. The van der Waals surface area contributed by atoms with Crippen LogP contribution in [0.5, 0.6) is 0 Å². The molecule has 1 rings (SSSR count). The summed E-state index contributed by atoms with van der Waals surface area (Å²) in [6.07, 6.45) is 3.59. The topological polar surface area (TPSA) is 32.3 Å². The van der Waals surface area contributed by atoms with Crippen molar-refractivity contribution >= 4 is 5.91 Å². The van der Waals surface area contributed by atoms with Gasteiger partial charge in [-0.3, -0.25) is 4.79 Å². The van der Waals surface area contributed by atoms with Crippen LogP contribution in [0.3, 0.4) is 0 Å². The molecule has 0 aromatic rings. The van der Waals surface area contributed by atoms with Gasteiger partial charge in [-0.05, 0) is 6.92 Å². The summed E-state index contributed by atoms with van der Waals surface area (Å²) < 4.78 is 0. The lowest BCUT2D eigenvalue weighted by Crippen LogP contribution is -2.46. The molecule has 3 nitrogen and oxygen atoms in total. The zero-order valence-electron chi connectivity index (χ0n) is 8.05. The number of carbonyl (C=O) groups is 1. The third-order valence-corrected chi connectivity index (χ3v) is 2.05. The Balaban J connectivity index is 0.00000169. The molecule has 74 valence electrons. The standard InChI is InChI=1S/C10H16N2O.H2/c1-3-4-9(2)10(13)12-7-5-11-6-8-12;/h3-4,11H,2,5-8H2,1H3;1H/b4-3-;. The Morgan fingerprint density at radius 2 is 2.15 bits per heavy atom. The zero-order chi connectivity index (χ0) is 9.68. The highest BCUT2D eigenvalue weighted by atomic mass is 16.2. The first-order valence-electron chi connectivity index (χ1n) is 4.57. The molecule has 0 radical (unpaired) electrons. The summed E-state index contributed by atoms with van der Waals surface area (Å²) in [5, 5.41) is 3.20. The van der Waals surface area contributed by atoms with Crippen molar-refractivity contribution < 1.29 is 6.22 Å². The predicted octanol–water partition coefficient (Wildman–Crippen LogP) is 0.796. The van der Waals surface area contributed by atoms with Crippen molar-refractivity contribution in [1.82, 2.24) is 10.2 Å². The van der Waals surface area contributed by atoms with Gasteiger partial charge in [0.2, 0.25) is 0 Å². The molecule has 0 bridgehead atoms. The largest absolute Gasteiger partial charge is 0.336 e. The minimum Gasteiger partial charge on any atom is -0.336 e. The number of rotatable bonds is 2. The van der Waals surface area contributed by atoms with E-state index in [9.17, 15) is 4.79 Å². The Bertz CT molecular complexity index is 232. The second kappa shape index (κ2) is 4.82. The molecule has 13 heavy (non-hydrogen) atoms. The molecule has 1 saturated heterocycles. The van der Waals surface area contributed by atoms with Crippen molar-refractivity contribution in [2.24, 2.45) is 0 Å². The van der Waals surface area contributed by atoms with E-state index in [1.807, 2.05) is 17.9 Å². The first-order valence-corrected chi connectivity index (χ1v) is 4.57. The Morgan fingerprint density at radius 1 is 1.54 bits per heavy atom. The van der Waals surface area contributed by atoms with Gasteiger partial charge in [0.05, 0.1) is 0 Å². The fraction of sp³-hybridized carbons (Fsp3) is 0.500. The van der Waals surface area contributed by atoms with E-state index in [1.54, 1.807) is 6.08 Å². The average Bonchev–Trinajstić information content (AvgIpc) is 2.18. The number of hydrogen-bond donors (Lipinski definition) is 1. The van der Waals surface area contributed by atoms with Gasteiger partial charge in [0.15, 0.2) is 0 Å². The molecule has 0 unspecified atom stereocenters. The van der Waals surface area contributed by atoms with E-state index in [0.717, 1.165) is 26.2 Å². The van der Waals surface area contributed by atoms with Crippen molar-refractivity contribution in [1.29, 1.82) is 0 Å². The van der Waals surface area contributed by atoms with Crippen LogP contribution in [0, 0.1) is 0 Å². The summed E-state index contributed by atoms with van der Waals surface area (Å²) in [5.41, 5.74) is 0.574. The lowest BCUT2D eigenvalue weighted by molar-refractivity contribution is -0.127. The van der Waals surface area contributed by atoms with Crippen molar-refractivity contribution in [2.45, 2.75) is 6.92 Å². The van der Waals surface area contributed by atoms with Crippen molar-refractivity contribution in [3.05, 3.63) is 24.3 Å². The van der Waals surface area contributed by atoms with E-state index in [2.05, 4.69) is 11.9 Å². The van der Waals surface area contributed by atoms with Crippen LogP contribution in [0.1, 0.15) is 8.35 Å². The molecule has 0 aromatic heterocycles. The van der Waals surface area contributed by atoms with Crippen LogP contribution in [0.25, 0.3) is 0 Å². The average molecular weight is 182 g/mol. The van der Waals surface area contributed by atoms with E-state index < -0.39 is 0 Å². The number of nitrogens with zero attached hydrogens (tertiary/aromatic N) is 1. The Hall–Kier alpha value is -1.09. The maximum atomic E-state index is 11.6. The van der Waals surface area contributed by atoms with Crippen LogP contribution < -0.4 is 5.32 Å². The minimum absolute atomic E-state index is 0. The van der Waals surface area contributed by atoms with E-state index in [-0.39, 0.29) is 7.33 Å². The predicted molar refractivity (Wildman–Crippen MR) is 55.5 cm³/mol. The van der Waals surface area contributed by atoms with Crippen LogP contribution in [0.15, 0.2) is 24.3 Å². The molecule has 1 heterocycles. The van der Waals surface area contributed by atoms with Gasteiger partial charge in [0.1, 0.15) is 0 Å². The molecule has 1 N–H and O–H groups in total. The maximum Gasteiger partial charge on any atom is 0.253 e. The quantitative estimate of drug-likeness (QED) is 0.506. The maximum absolute atomic E-state index is 11.6. The van der Waals surface area contributed by atoms with E-state index in [0.29, 0.717) is 5.57 Å². The number of carbonyl (C=O) groups excluding carboxylic acids is 1. The normalized spacial score (nSPS) is 17.8. The third-order valence-electron chi connectivity index (χ3n) is 2.05. The van der Waals surface area contributed by atoms with Gasteiger partial charge in [0.25, 0.3) is 5.91 Å².